The standard InChI is InChI=1S/C18H26O12/c1-7-18(17(24)25,30-13(6)23)16(29-12(5)22)15(28-11(4)21)14(27-10(3)20)8-26-9(2)19/h14-16H,7-8H2,1-6H3,(H,24,25)/t14-,15-,16+,18-/m1/s1. The largest absolute Gasteiger partial charge is 0.478 e. The zero-order chi connectivity index (χ0) is 23.6. The number of esters is 5. The van der Waals surface area contributed by atoms with Crippen molar-refractivity contribution >= 4 is 35.8 Å². The molecule has 0 rings (SSSR count). The summed E-state index contributed by atoms with van der Waals surface area (Å²) in [5.41, 5.74) is -2.51. The van der Waals surface area contributed by atoms with Crippen molar-refractivity contribution in [1.82, 2.24) is 0 Å². The van der Waals surface area contributed by atoms with Gasteiger partial charge in [-0.05, 0) is 6.42 Å². The van der Waals surface area contributed by atoms with Crippen LogP contribution in [0.15, 0.2) is 0 Å². The van der Waals surface area contributed by atoms with Gasteiger partial charge in [-0.15, -0.1) is 0 Å². The first-order chi connectivity index (χ1) is 13.8. The molecule has 0 bridgehead atoms. The van der Waals surface area contributed by atoms with Crippen molar-refractivity contribution in [2.24, 2.45) is 0 Å². The van der Waals surface area contributed by atoms with Gasteiger partial charge in [0.2, 0.25) is 5.60 Å². The second-order valence-electron chi connectivity index (χ2n) is 6.20. The normalized spacial score (nSPS) is 15.4. The number of hydrogen-bond donors (Lipinski definition) is 1. The molecule has 170 valence electrons. The molecule has 0 aromatic carbocycles. The highest BCUT2D eigenvalue weighted by Crippen LogP contribution is 2.31. The summed E-state index contributed by atoms with van der Waals surface area (Å²) in [5, 5.41) is 9.82. The molecule has 0 spiro atoms. The van der Waals surface area contributed by atoms with Gasteiger partial charge in [0.25, 0.3) is 0 Å². The molecule has 0 aliphatic heterocycles. The van der Waals surface area contributed by atoms with Gasteiger partial charge in [0.15, 0.2) is 18.3 Å². The average molecular weight is 434 g/mol. The number of aliphatic carboxylic acids is 1. The Bertz CT molecular complexity index is 685. The van der Waals surface area contributed by atoms with Gasteiger partial charge in [0, 0.05) is 34.6 Å². The van der Waals surface area contributed by atoms with Gasteiger partial charge in [-0.3, -0.25) is 24.0 Å². The van der Waals surface area contributed by atoms with Crippen LogP contribution in [0.2, 0.25) is 0 Å². The van der Waals surface area contributed by atoms with Gasteiger partial charge >= 0.3 is 35.8 Å². The van der Waals surface area contributed by atoms with Crippen molar-refractivity contribution in [3.8, 4) is 0 Å². The van der Waals surface area contributed by atoms with E-state index in [0.29, 0.717) is 0 Å². The van der Waals surface area contributed by atoms with Crippen molar-refractivity contribution < 1.29 is 57.6 Å². The topological polar surface area (TPSA) is 169 Å². The first-order valence-corrected chi connectivity index (χ1v) is 8.84. The number of rotatable bonds is 11. The zero-order valence-electron chi connectivity index (χ0n) is 17.6. The molecule has 30 heavy (non-hydrogen) atoms. The Morgan fingerprint density at radius 3 is 1.60 bits per heavy atom. The van der Waals surface area contributed by atoms with Crippen molar-refractivity contribution in [3.63, 3.8) is 0 Å². The maximum Gasteiger partial charge on any atom is 0.352 e. The van der Waals surface area contributed by atoms with Gasteiger partial charge in [-0.2, -0.15) is 0 Å². The number of hydrogen-bond acceptors (Lipinski definition) is 11. The molecule has 0 aliphatic rings. The molecule has 0 amide bonds. The summed E-state index contributed by atoms with van der Waals surface area (Å²) in [5.74, 6) is -6.37. The zero-order valence-corrected chi connectivity index (χ0v) is 17.6. The number of carbonyl (C=O) groups excluding carboxylic acids is 5. The minimum atomic E-state index is -2.51. The lowest BCUT2D eigenvalue weighted by atomic mass is 9.87. The molecule has 0 fully saturated rings. The van der Waals surface area contributed by atoms with Crippen molar-refractivity contribution in [2.45, 2.75) is 71.9 Å². The molecule has 1 N–H and O–H groups in total. The van der Waals surface area contributed by atoms with E-state index >= 15 is 0 Å². The second kappa shape index (κ2) is 11.7. The van der Waals surface area contributed by atoms with Crippen LogP contribution in [0, 0.1) is 0 Å². The molecule has 0 aromatic rings. The van der Waals surface area contributed by atoms with Crippen LogP contribution in [-0.4, -0.2) is 71.4 Å². The van der Waals surface area contributed by atoms with Gasteiger partial charge in [0.1, 0.15) is 6.61 Å². The molecule has 0 saturated heterocycles. The van der Waals surface area contributed by atoms with E-state index < -0.39 is 72.8 Å². The molecule has 0 radical (unpaired) electrons. The van der Waals surface area contributed by atoms with Crippen molar-refractivity contribution in [3.05, 3.63) is 0 Å². The van der Waals surface area contributed by atoms with E-state index in [4.69, 9.17) is 23.7 Å². The lowest BCUT2D eigenvalue weighted by Crippen LogP contribution is -2.62. The third-order valence-corrected chi connectivity index (χ3v) is 3.70. The molecule has 0 saturated carbocycles. The molecule has 0 aromatic heterocycles. The quantitative estimate of drug-likeness (QED) is 0.345. The summed E-state index contributed by atoms with van der Waals surface area (Å²) in [6.45, 7) is 5.57. The predicted molar refractivity (Wildman–Crippen MR) is 95.7 cm³/mol. The van der Waals surface area contributed by atoms with E-state index in [9.17, 15) is 33.9 Å². The Balaban J connectivity index is 6.64. The third kappa shape index (κ3) is 8.05. The Morgan fingerprint density at radius 2 is 1.27 bits per heavy atom. The van der Waals surface area contributed by atoms with E-state index in [2.05, 4.69) is 0 Å². The van der Waals surface area contributed by atoms with Crippen LogP contribution in [-0.2, 0) is 52.5 Å². The summed E-state index contributed by atoms with van der Waals surface area (Å²) >= 11 is 0. The van der Waals surface area contributed by atoms with Crippen LogP contribution in [0.1, 0.15) is 48.0 Å². The molecule has 12 heteroatoms. The highest BCUT2D eigenvalue weighted by Gasteiger charge is 2.57. The highest BCUT2D eigenvalue weighted by molar-refractivity contribution is 5.83. The van der Waals surface area contributed by atoms with Crippen LogP contribution >= 0.6 is 0 Å². The Kier molecular flexibility index (Phi) is 10.5. The SMILES string of the molecule is CC[C@](OC(C)=O)(C(=O)O)[C@@H](OC(C)=O)[C@H](OC(C)=O)[C@@H](COC(C)=O)OC(C)=O. The monoisotopic (exact) mass is 434 g/mol. The summed E-state index contributed by atoms with van der Waals surface area (Å²) in [6.07, 6.45) is -5.76. The molecule has 0 aliphatic carbocycles. The number of carbonyl (C=O) groups is 6. The van der Waals surface area contributed by atoms with E-state index in [1.54, 1.807) is 0 Å². The van der Waals surface area contributed by atoms with E-state index in [1.807, 2.05) is 0 Å². The summed E-state index contributed by atoms with van der Waals surface area (Å²) in [6, 6.07) is 0. The molecular weight excluding hydrogens is 408 g/mol. The van der Waals surface area contributed by atoms with Crippen molar-refractivity contribution in [2.75, 3.05) is 6.61 Å². The third-order valence-electron chi connectivity index (χ3n) is 3.70. The molecule has 4 atom stereocenters. The Hall–Kier alpha value is -3.18. The fraction of sp³-hybridized carbons (Fsp3) is 0.667. The summed E-state index contributed by atoms with van der Waals surface area (Å²) < 4.78 is 25.0. The first kappa shape index (κ1) is 26.8. The van der Waals surface area contributed by atoms with Gasteiger partial charge in [0.05, 0.1) is 0 Å². The first-order valence-electron chi connectivity index (χ1n) is 8.84. The second-order valence-corrected chi connectivity index (χ2v) is 6.20. The van der Waals surface area contributed by atoms with Crippen LogP contribution in [0.5, 0.6) is 0 Å². The minimum Gasteiger partial charge on any atom is -0.478 e. The molecule has 12 nitrogen and oxygen atoms in total. The van der Waals surface area contributed by atoms with Crippen molar-refractivity contribution in [1.29, 1.82) is 0 Å². The Morgan fingerprint density at radius 1 is 0.767 bits per heavy atom. The van der Waals surface area contributed by atoms with Gasteiger partial charge in [-0.25, -0.2) is 4.79 Å². The lowest BCUT2D eigenvalue weighted by Gasteiger charge is -2.40. The van der Waals surface area contributed by atoms with E-state index in [1.165, 1.54) is 6.92 Å². The number of carboxylic acid groups (broad SMARTS) is 1. The van der Waals surface area contributed by atoms with Gasteiger partial charge in [-0.1, -0.05) is 6.92 Å². The average Bonchev–Trinajstić information content (AvgIpc) is 2.58. The number of ether oxygens (including phenoxy) is 5. The van der Waals surface area contributed by atoms with E-state index in [-0.39, 0.29) is 0 Å². The molecular formula is C18H26O12. The summed E-state index contributed by atoms with van der Waals surface area (Å²) in [7, 11) is 0. The minimum absolute atomic E-state index is 0.419. The molecule has 0 heterocycles. The van der Waals surface area contributed by atoms with Crippen LogP contribution in [0.3, 0.4) is 0 Å². The highest BCUT2D eigenvalue weighted by atomic mass is 16.6. The maximum absolute atomic E-state index is 12.1. The molecule has 0 unspecified atom stereocenters. The lowest BCUT2D eigenvalue weighted by molar-refractivity contribution is -0.226. The van der Waals surface area contributed by atoms with Gasteiger partial charge < -0.3 is 28.8 Å². The van der Waals surface area contributed by atoms with E-state index in [0.717, 1.165) is 34.6 Å². The predicted octanol–water partition coefficient (Wildman–Crippen LogP) is 0.141. The van der Waals surface area contributed by atoms with Crippen LogP contribution in [0.4, 0.5) is 0 Å². The fourth-order valence-corrected chi connectivity index (χ4v) is 2.64. The Labute approximate surface area is 172 Å². The maximum atomic E-state index is 12.1. The fourth-order valence-electron chi connectivity index (χ4n) is 2.64. The smallest absolute Gasteiger partial charge is 0.352 e. The van der Waals surface area contributed by atoms with Crippen LogP contribution in [0.25, 0.3) is 0 Å². The number of carboxylic acids is 1. The van der Waals surface area contributed by atoms with Crippen LogP contribution < -0.4 is 0 Å². The summed E-state index contributed by atoms with van der Waals surface area (Å²) in [4.78, 5) is 70.0.